The number of hydrogen-bond donors (Lipinski definition) is 2. The van der Waals surface area contributed by atoms with Gasteiger partial charge in [-0.2, -0.15) is 0 Å². The van der Waals surface area contributed by atoms with Crippen LogP contribution in [0, 0.1) is 0 Å². The van der Waals surface area contributed by atoms with Crippen molar-refractivity contribution in [3.63, 3.8) is 0 Å². The summed E-state index contributed by atoms with van der Waals surface area (Å²) in [5.74, 6) is -1.19. The summed E-state index contributed by atoms with van der Waals surface area (Å²) in [6, 6.07) is 0. The minimum atomic E-state index is -1.19. The molecule has 0 amide bonds. The summed E-state index contributed by atoms with van der Waals surface area (Å²) in [6.07, 6.45) is 0. The van der Waals surface area contributed by atoms with Crippen molar-refractivity contribution < 1.29 is 33.6 Å². The van der Waals surface area contributed by atoms with E-state index in [1.807, 2.05) is 0 Å². The quantitative estimate of drug-likeness (QED) is 0.478. The predicted molar refractivity (Wildman–Crippen MR) is 14.7 cm³/mol. The van der Waals surface area contributed by atoms with Crippen molar-refractivity contribution in [2.45, 2.75) is 0 Å². The fraction of sp³-hybridized carbons (Fsp3) is 0.500. The van der Waals surface area contributed by atoms with Gasteiger partial charge in [-0.3, -0.25) is 0 Å². The van der Waals surface area contributed by atoms with Crippen LogP contribution < -0.4 is 0 Å². The Balaban J connectivity index is 0. The molecule has 0 aromatic rings. The number of carboxylic acid groups (broad SMARTS) is 1. The first-order valence-corrected chi connectivity index (χ1v) is 1.10. The smallest absolute Gasteiger partial charge is 0.329 e. The topological polar surface area (TPSA) is 57.5 Å². The fourth-order valence-corrected chi connectivity index (χ4v) is 0. The van der Waals surface area contributed by atoms with E-state index in [1.165, 1.54) is 0 Å². The average molecular weight is 127 g/mol. The second-order valence-corrected chi connectivity index (χ2v) is 0.552. The standard InChI is InChI=1S/C2H4O3.V/c3-1-2(4)5;/h3H,1H2,(H,4,5);. The number of rotatable bonds is 1. The van der Waals surface area contributed by atoms with Gasteiger partial charge in [0.25, 0.3) is 0 Å². The normalized spacial score (nSPS) is 6.17. The molecule has 0 aromatic heterocycles. The third-order valence-corrected chi connectivity index (χ3v) is 0.135. The Hall–Kier alpha value is 0.0144. The Labute approximate surface area is 46.9 Å². The van der Waals surface area contributed by atoms with Gasteiger partial charge in [-0.15, -0.1) is 0 Å². The third kappa shape index (κ3) is 8.99. The van der Waals surface area contributed by atoms with Gasteiger partial charge in [0.15, 0.2) is 0 Å². The number of carbonyl (C=O) groups is 1. The van der Waals surface area contributed by atoms with Gasteiger partial charge in [-0.05, 0) is 0 Å². The van der Waals surface area contributed by atoms with Crippen molar-refractivity contribution >= 4 is 5.97 Å². The van der Waals surface area contributed by atoms with Crippen molar-refractivity contribution in [1.29, 1.82) is 0 Å². The summed E-state index contributed by atoms with van der Waals surface area (Å²) in [4.78, 5) is 9.12. The van der Waals surface area contributed by atoms with Gasteiger partial charge in [-0.1, -0.05) is 0 Å². The molecule has 0 aromatic carbocycles. The maximum atomic E-state index is 9.12. The molecular formula is C2H4O3V. The van der Waals surface area contributed by atoms with Gasteiger partial charge in [0.2, 0.25) is 0 Å². The van der Waals surface area contributed by atoms with Gasteiger partial charge in [0.1, 0.15) is 6.61 Å². The van der Waals surface area contributed by atoms with Crippen molar-refractivity contribution in [2.24, 2.45) is 0 Å². The minimum Gasteiger partial charge on any atom is -0.480 e. The second-order valence-electron chi connectivity index (χ2n) is 0.552. The van der Waals surface area contributed by atoms with Crippen LogP contribution in [0.4, 0.5) is 0 Å². The van der Waals surface area contributed by atoms with E-state index in [0.717, 1.165) is 0 Å². The van der Waals surface area contributed by atoms with Gasteiger partial charge in [0, 0.05) is 18.6 Å². The molecule has 0 fully saturated rings. The van der Waals surface area contributed by atoms with Gasteiger partial charge >= 0.3 is 5.97 Å². The Morgan fingerprint density at radius 1 is 1.67 bits per heavy atom. The number of aliphatic hydroxyl groups is 1. The summed E-state index contributed by atoms with van der Waals surface area (Å²) in [5, 5.41) is 15.0. The van der Waals surface area contributed by atoms with Gasteiger partial charge in [0.05, 0.1) is 0 Å². The Morgan fingerprint density at radius 3 is 1.83 bits per heavy atom. The molecule has 0 aliphatic heterocycles. The van der Waals surface area contributed by atoms with Crippen LogP contribution in [-0.4, -0.2) is 22.8 Å². The van der Waals surface area contributed by atoms with Crippen LogP contribution in [0.25, 0.3) is 0 Å². The molecule has 0 aliphatic rings. The third-order valence-electron chi connectivity index (χ3n) is 0.135. The Kier molecular flexibility index (Phi) is 7.84. The number of carboxylic acids is 1. The van der Waals surface area contributed by atoms with Crippen LogP contribution in [0.2, 0.25) is 0 Å². The molecule has 0 saturated carbocycles. The van der Waals surface area contributed by atoms with E-state index in [9.17, 15) is 0 Å². The van der Waals surface area contributed by atoms with E-state index >= 15 is 0 Å². The van der Waals surface area contributed by atoms with Crippen LogP contribution in [0.5, 0.6) is 0 Å². The molecule has 0 heterocycles. The number of aliphatic hydroxyl groups excluding tert-OH is 1. The zero-order valence-corrected chi connectivity index (χ0v) is 4.35. The molecule has 0 aliphatic carbocycles. The summed E-state index contributed by atoms with van der Waals surface area (Å²) in [7, 11) is 0. The molecule has 3 nitrogen and oxygen atoms in total. The molecule has 0 atom stereocenters. The molecule has 35 valence electrons. The maximum absolute atomic E-state index is 9.12. The fourth-order valence-electron chi connectivity index (χ4n) is 0. The molecule has 1 radical (unpaired) electrons. The zero-order valence-electron chi connectivity index (χ0n) is 2.96. The van der Waals surface area contributed by atoms with Crippen molar-refractivity contribution in [1.82, 2.24) is 0 Å². The molecule has 0 unspecified atom stereocenters. The van der Waals surface area contributed by atoms with E-state index in [4.69, 9.17) is 15.0 Å². The van der Waals surface area contributed by atoms with Crippen LogP contribution in [0.1, 0.15) is 0 Å². The number of hydrogen-bond acceptors (Lipinski definition) is 2. The van der Waals surface area contributed by atoms with Crippen molar-refractivity contribution in [3.8, 4) is 0 Å². The Morgan fingerprint density at radius 2 is 1.83 bits per heavy atom. The van der Waals surface area contributed by atoms with E-state index in [1.54, 1.807) is 0 Å². The molecule has 0 rings (SSSR count). The summed E-state index contributed by atoms with van der Waals surface area (Å²) in [5.41, 5.74) is 0. The largest absolute Gasteiger partial charge is 0.480 e. The minimum absolute atomic E-state index is 0. The molecule has 0 saturated heterocycles. The number of aliphatic carboxylic acids is 1. The van der Waals surface area contributed by atoms with E-state index in [0.29, 0.717) is 0 Å². The van der Waals surface area contributed by atoms with Crippen LogP contribution in [-0.2, 0) is 23.4 Å². The molecular weight excluding hydrogens is 123 g/mol. The average Bonchev–Trinajstić information content (AvgIpc) is 1.38. The first-order chi connectivity index (χ1) is 2.27. The van der Waals surface area contributed by atoms with Crippen LogP contribution in [0.15, 0.2) is 0 Å². The SMILES string of the molecule is O=C(O)CO.[V]. The predicted octanol–water partition coefficient (Wildman–Crippen LogP) is -0.939. The molecule has 2 N–H and O–H groups in total. The first kappa shape index (κ1) is 9.38. The van der Waals surface area contributed by atoms with Gasteiger partial charge < -0.3 is 10.2 Å². The van der Waals surface area contributed by atoms with E-state index in [-0.39, 0.29) is 18.6 Å². The van der Waals surface area contributed by atoms with Crippen LogP contribution >= 0.6 is 0 Å². The molecule has 6 heavy (non-hydrogen) atoms. The summed E-state index contributed by atoms with van der Waals surface area (Å²) >= 11 is 0. The monoisotopic (exact) mass is 127 g/mol. The summed E-state index contributed by atoms with van der Waals surface area (Å²) < 4.78 is 0. The van der Waals surface area contributed by atoms with E-state index < -0.39 is 12.6 Å². The molecule has 0 bridgehead atoms. The van der Waals surface area contributed by atoms with Crippen LogP contribution in [0.3, 0.4) is 0 Å². The Bertz CT molecular complexity index is 44.1. The van der Waals surface area contributed by atoms with Crippen molar-refractivity contribution in [3.05, 3.63) is 0 Å². The zero-order chi connectivity index (χ0) is 4.28. The van der Waals surface area contributed by atoms with Gasteiger partial charge in [-0.25, -0.2) is 4.79 Å². The summed E-state index contributed by atoms with van der Waals surface area (Å²) in [6.45, 7) is -0.778. The second kappa shape index (κ2) is 5.01. The first-order valence-electron chi connectivity index (χ1n) is 1.10. The molecule has 4 heteroatoms. The van der Waals surface area contributed by atoms with E-state index in [2.05, 4.69) is 0 Å². The maximum Gasteiger partial charge on any atom is 0.329 e. The van der Waals surface area contributed by atoms with Crippen molar-refractivity contribution in [2.75, 3.05) is 6.61 Å². The molecule has 0 spiro atoms.